The number of aromatic nitrogens is 2. The number of carboxylic acid groups (broad SMARTS) is 1. The molecule has 3 amide bonds. The standard InChI is InChI=1S/C21H30N4O3.C12H21NO4.C10H12N2/c1-14-12-15-13-16(6-7-17(15)24(14)5)23-18(26)21(22)8-10-25(11-9-21)19(27)28-20(2,3)4;1-11(2,3)17-10(16)13-7-5-12(4,6-8-13)9(14)15;1-7-5-8-6-9(11)3-4-10(8)12(7)2/h6-7,12-13H,8-11,22H2,1-5H3,(H,23,26);5-8H2,1-4H3,(H,14,15);3-6H,11H2,1-2H3. The normalized spacial score (nSPS) is 16.5. The third-order valence-corrected chi connectivity index (χ3v) is 10.6. The van der Waals surface area contributed by atoms with Crippen molar-refractivity contribution in [3.63, 3.8) is 0 Å². The third kappa shape index (κ3) is 11.4. The van der Waals surface area contributed by atoms with Crippen LogP contribution in [0.5, 0.6) is 0 Å². The molecule has 2 aliphatic heterocycles. The maximum absolute atomic E-state index is 12.8. The van der Waals surface area contributed by atoms with Crippen LogP contribution >= 0.6 is 0 Å². The number of hydrogen-bond acceptors (Lipinski definition) is 8. The van der Waals surface area contributed by atoms with Gasteiger partial charge in [-0.15, -0.1) is 0 Å². The minimum Gasteiger partial charge on any atom is -0.481 e. The van der Waals surface area contributed by atoms with Crippen molar-refractivity contribution in [3.05, 3.63) is 59.9 Å². The Balaban J connectivity index is 0.000000210. The number of carboxylic acids is 1. The van der Waals surface area contributed by atoms with Gasteiger partial charge >= 0.3 is 18.2 Å². The molecule has 0 bridgehead atoms. The molecule has 2 aliphatic rings. The number of anilines is 2. The fourth-order valence-corrected chi connectivity index (χ4v) is 6.69. The van der Waals surface area contributed by atoms with Gasteiger partial charge in [-0.05, 0) is 137 Å². The number of fused-ring (bicyclic) bond motifs is 2. The largest absolute Gasteiger partial charge is 0.481 e. The lowest BCUT2D eigenvalue weighted by Gasteiger charge is -2.38. The molecule has 14 nitrogen and oxygen atoms in total. The molecule has 2 saturated heterocycles. The predicted octanol–water partition coefficient (Wildman–Crippen LogP) is 7.33. The summed E-state index contributed by atoms with van der Waals surface area (Å²) in [6.45, 7) is 18.5. The molecule has 0 saturated carbocycles. The molecular weight excluding hydrogens is 727 g/mol. The highest BCUT2D eigenvalue weighted by molar-refractivity contribution is 6.00. The van der Waals surface area contributed by atoms with Crippen LogP contribution in [0.2, 0.25) is 0 Å². The van der Waals surface area contributed by atoms with Gasteiger partial charge in [0.05, 0.1) is 11.0 Å². The van der Waals surface area contributed by atoms with Gasteiger partial charge in [0, 0.05) is 84.8 Å². The second kappa shape index (κ2) is 17.1. The van der Waals surface area contributed by atoms with Gasteiger partial charge in [-0.3, -0.25) is 9.59 Å². The van der Waals surface area contributed by atoms with Gasteiger partial charge in [0.1, 0.15) is 11.2 Å². The molecule has 0 atom stereocenters. The van der Waals surface area contributed by atoms with Gasteiger partial charge in [0.25, 0.3) is 0 Å². The van der Waals surface area contributed by atoms with Gasteiger partial charge in [0.15, 0.2) is 0 Å². The van der Waals surface area contributed by atoms with E-state index in [0.29, 0.717) is 51.9 Å². The molecule has 0 radical (unpaired) electrons. The fraction of sp³-hybridized carbons (Fsp3) is 0.535. The van der Waals surface area contributed by atoms with Gasteiger partial charge in [-0.1, -0.05) is 0 Å². The van der Waals surface area contributed by atoms with Crippen molar-refractivity contribution in [2.75, 3.05) is 37.2 Å². The topological polar surface area (TPSA) is 187 Å². The Bertz CT molecular complexity index is 2090. The number of nitrogen functional groups attached to an aromatic ring is 1. The summed E-state index contributed by atoms with van der Waals surface area (Å²) in [7, 11) is 4.08. The number of piperidine rings is 2. The number of nitrogens with one attached hydrogen (secondary N) is 1. The average Bonchev–Trinajstić information content (AvgIpc) is 3.55. The Kier molecular flexibility index (Phi) is 13.3. The van der Waals surface area contributed by atoms with Gasteiger partial charge < -0.3 is 50.3 Å². The highest BCUT2D eigenvalue weighted by Gasteiger charge is 2.40. The smallest absolute Gasteiger partial charge is 0.410 e. The summed E-state index contributed by atoms with van der Waals surface area (Å²) in [5.41, 5.74) is 15.6. The Morgan fingerprint density at radius 2 is 1.12 bits per heavy atom. The Hall–Kier alpha value is -5.24. The van der Waals surface area contributed by atoms with Crippen LogP contribution < -0.4 is 16.8 Å². The van der Waals surface area contributed by atoms with Crippen molar-refractivity contribution < 1.29 is 33.8 Å². The Morgan fingerprint density at radius 1 is 0.702 bits per heavy atom. The number of aliphatic carboxylic acids is 1. The number of aryl methyl sites for hydroxylation is 4. The number of carbonyl (C=O) groups excluding carboxylic acids is 3. The summed E-state index contributed by atoms with van der Waals surface area (Å²) < 4.78 is 14.9. The number of benzene rings is 2. The van der Waals surface area contributed by atoms with Crippen LogP contribution in [0.3, 0.4) is 0 Å². The van der Waals surface area contributed by atoms with Crippen LogP contribution in [0.4, 0.5) is 21.0 Å². The summed E-state index contributed by atoms with van der Waals surface area (Å²) in [4.78, 5) is 51.0. The zero-order chi connectivity index (χ0) is 42.7. The zero-order valence-corrected chi connectivity index (χ0v) is 35.6. The van der Waals surface area contributed by atoms with Crippen LogP contribution in [0, 0.1) is 19.3 Å². The number of rotatable bonds is 3. The first-order chi connectivity index (χ1) is 26.3. The second-order valence-corrected chi connectivity index (χ2v) is 17.7. The molecule has 0 aliphatic carbocycles. The molecule has 0 unspecified atom stereocenters. The van der Waals surface area contributed by atoms with E-state index in [1.807, 2.05) is 85.8 Å². The van der Waals surface area contributed by atoms with Crippen LogP contribution in [-0.4, -0.2) is 91.0 Å². The fourth-order valence-electron chi connectivity index (χ4n) is 6.69. The molecule has 2 aromatic heterocycles. The van der Waals surface area contributed by atoms with Crippen molar-refractivity contribution in [1.82, 2.24) is 18.9 Å². The lowest BCUT2D eigenvalue weighted by atomic mass is 9.81. The number of hydrogen-bond donors (Lipinski definition) is 4. The summed E-state index contributed by atoms with van der Waals surface area (Å²) >= 11 is 0. The van der Waals surface area contributed by atoms with Crippen molar-refractivity contribution >= 4 is 57.2 Å². The van der Waals surface area contributed by atoms with E-state index >= 15 is 0 Å². The maximum atomic E-state index is 12.8. The van der Waals surface area contributed by atoms with E-state index in [4.69, 9.17) is 26.0 Å². The van der Waals surface area contributed by atoms with Gasteiger partial charge in [-0.2, -0.15) is 0 Å². The third-order valence-electron chi connectivity index (χ3n) is 10.6. The lowest BCUT2D eigenvalue weighted by molar-refractivity contribution is -0.150. The maximum Gasteiger partial charge on any atom is 0.410 e. The first-order valence-electron chi connectivity index (χ1n) is 19.5. The quantitative estimate of drug-likeness (QED) is 0.154. The molecule has 6 N–H and O–H groups in total. The SMILES string of the molecule is CC(C)(C)OC(=O)N1CCC(C)(C(=O)O)CC1.Cc1cc2cc(N)ccc2n1C.Cc1cc2cc(NC(=O)C3(N)CCN(C(=O)OC(C)(C)C)CC3)ccc2n1C. The van der Waals surface area contributed by atoms with Crippen molar-refractivity contribution in [2.45, 2.75) is 105 Å². The molecular formula is C43H63N7O7. The Morgan fingerprint density at radius 3 is 1.56 bits per heavy atom. The average molecular weight is 790 g/mol. The molecule has 14 heteroatoms. The number of likely N-dealkylation sites (tertiary alicyclic amines) is 2. The van der Waals surface area contributed by atoms with E-state index in [1.54, 1.807) is 16.7 Å². The van der Waals surface area contributed by atoms with E-state index in [0.717, 1.165) is 28.0 Å². The molecule has 4 aromatic rings. The number of nitrogens with zero attached hydrogens (tertiary/aromatic N) is 4. The number of carbonyl (C=O) groups is 4. The minimum atomic E-state index is -1.000. The van der Waals surface area contributed by atoms with Crippen molar-refractivity contribution in [1.29, 1.82) is 0 Å². The van der Waals surface area contributed by atoms with Gasteiger partial charge in [-0.25, -0.2) is 9.59 Å². The molecule has 57 heavy (non-hydrogen) atoms. The summed E-state index contributed by atoms with van der Waals surface area (Å²) in [5, 5.41) is 14.3. The molecule has 0 spiro atoms. The van der Waals surface area contributed by atoms with E-state index in [9.17, 15) is 19.2 Å². The van der Waals surface area contributed by atoms with Crippen LogP contribution in [0.1, 0.15) is 85.5 Å². The zero-order valence-electron chi connectivity index (χ0n) is 35.6. The first kappa shape index (κ1) is 44.5. The summed E-state index contributed by atoms with van der Waals surface area (Å²) in [6.07, 6.45) is 1.02. The number of nitrogens with two attached hydrogens (primary N) is 2. The highest BCUT2D eigenvalue weighted by atomic mass is 16.6. The molecule has 4 heterocycles. The van der Waals surface area contributed by atoms with E-state index in [2.05, 4.69) is 46.6 Å². The molecule has 6 rings (SSSR count). The van der Waals surface area contributed by atoms with Gasteiger partial charge in [0.2, 0.25) is 5.91 Å². The monoisotopic (exact) mass is 789 g/mol. The number of ether oxygens (including phenoxy) is 2. The van der Waals surface area contributed by atoms with Crippen LogP contribution in [0.15, 0.2) is 48.5 Å². The summed E-state index contributed by atoms with van der Waals surface area (Å²) in [5.74, 6) is -1.01. The van der Waals surface area contributed by atoms with Crippen molar-refractivity contribution in [2.24, 2.45) is 25.2 Å². The Labute approximate surface area is 336 Å². The highest BCUT2D eigenvalue weighted by Crippen LogP contribution is 2.32. The van der Waals surface area contributed by atoms with E-state index in [-0.39, 0.29) is 18.1 Å². The molecule has 2 fully saturated rings. The molecule has 2 aromatic carbocycles. The van der Waals surface area contributed by atoms with E-state index < -0.39 is 28.1 Å². The predicted molar refractivity (Wildman–Crippen MR) is 225 cm³/mol. The molecule has 312 valence electrons. The number of amides is 3. The minimum absolute atomic E-state index is 0.219. The van der Waals surface area contributed by atoms with Crippen molar-refractivity contribution in [3.8, 4) is 0 Å². The summed E-state index contributed by atoms with van der Waals surface area (Å²) in [6, 6.07) is 16.1. The van der Waals surface area contributed by atoms with E-state index in [1.165, 1.54) is 16.6 Å². The second-order valence-electron chi connectivity index (χ2n) is 17.7. The van der Waals surface area contributed by atoms with Crippen LogP contribution in [0.25, 0.3) is 21.8 Å². The first-order valence-corrected chi connectivity index (χ1v) is 19.5. The lowest BCUT2D eigenvalue weighted by Crippen LogP contribution is -2.58. The van der Waals surface area contributed by atoms with Crippen LogP contribution in [-0.2, 0) is 33.2 Å².